The first-order chi connectivity index (χ1) is 16.9. The highest BCUT2D eigenvalue weighted by Gasteiger charge is 2.51. The summed E-state index contributed by atoms with van der Waals surface area (Å²) in [7, 11) is 0. The Morgan fingerprint density at radius 2 is 1.74 bits per heavy atom. The molecule has 2 aliphatic rings. The number of rotatable bonds is 6. The van der Waals surface area contributed by atoms with E-state index in [2.05, 4.69) is 11.2 Å². The SMILES string of the molecule is C#CCN1CC(=O)N2[C@@H](c3ccccc3)C(=O)N(CC(C)C)C[C@@H]2N1C(=O)NCc1ccccc1. The standard InChI is InChI=1S/C27H31N5O3/c1-4-15-30-19-24(33)31-23(32(30)27(35)28-16-21-11-7-5-8-12-21)18-29(17-20(2)3)26(34)25(31)22-13-9-6-10-14-22/h1,5-14,20,23,25H,15-19H2,2-3H3,(H,28,35)/t23-,25-/m0/s1. The maximum absolute atomic E-state index is 13.6. The molecule has 2 fully saturated rings. The lowest BCUT2D eigenvalue weighted by Crippen LogP contribution is -2.74. The van der Waals surface area contributed by atoms with Gasteiger partial charge >= 0.3 is 6.03 Å². The largest absolute Gasteiger partial charge is 0.336 e. The average molecular weight is 474 g/mol. The highest BCUT2D eigenvalue weighted by atomic mass is 16.2. The quantitative estimate of drug-likeness (QED) is 0.654. The maximum Gasteiger partial charge on any atom is 0.334 e. The Morgan fingerprint density at radius 1 is 1.09 bits per heavy atom. The Bertz CT molecular complexity index is 1100. The fourth-order valence-electron chi connectivity index (χ4n) is 4.75. The van der Waals surface area contributed by atoms with Gasteiger partial charge in [0.15, 0.2) is 0 Å². The molecule has 0 radical (unpaired) electrons. The molecular weight excluding hydrogens is 442 g/mol. The number of benzene rings is 2. The molecule has 2 heterocycles. The smallest absolute Gasteiger partial charge is 0.334 e. The summed E-state index contributed by atoms with van der Waals surface area (Å²) in [5.41, 5.74) is 1.68. The van der Waals surface area contributed by atoms with E-state index in [9.17, 15) is 14.4 Å². The summed E-state index contributed by atoms with van der Waals surface area (Å²) in [5, 5.41) is 6.08. The van der Waals surface area contributed by atoms with Gasteiger partial charge in [-0.3, -0.25) is 9.59 Å². The second-order valence-corrected chi connectivity index (χ2v) is 9.25. The monoisotopic (exact) mass is 473 g/mol. The molecule has 4 amide bonds. The molecule has 2 saturated heterocycles. The molecule has 8 heteroatoms. The lowest BCUT2D eigenvalue weighted by atomic mass is 9.98. The van der Waals surface area contributed by atoms with Gasteiger partial charge in [0.05, 0.1) is 19.6 Å². The number of hydrogen-bond acceptors (Lipinski definition) is 4. The topological polar surface area (TPSA) is 76.2 Å². The third kappa shape index (κ3) is 5.15. The van der Waals surface area contributed by atoms with E-state index < -0.39 is 12.2 Å². The van der Waals surface area contributed by atoms with E-state index >= 15 is 0 Å². The Kier molecular flexibility index (Phi) is 7.37. The predicted molar refractivity (Wildman–Crippen MR) is 132 cm³/mol. The summed E-state index contributed by atoms with van der Waals surface area (Å²) >= 11 is 0. The summed E-state index contributed by atoms with van der Waals surface area (Å²) in [4.78, 5) is 43.9. The van der Waals surface area contributed by atoms with Crippen molar-refractivity contribution in [3.8, 4) is 12.3 Å². The van der Waals surface area contributed by atoms with Crippen LogP contribution >= 0.6 is 0 Å². The number of urea groups is 1. The van der Waals surface area contributed by atoms with Gasteiger partial charge in [-0.15, -0.1) is 6.42 Å². The number of hydrazine groups is 1. The Labute approximate surface area is 206 Å². The van der Waals surface area contributed by atoms with Crippen LogP contribution in [0.25, 0.3) is 0 Å². The lowest BCUT2D eigenvalue weighted by molar-refractivity contribution is -0.189. The van der Waals surface area contributed by atoms with E-state index in [1.54, 1.807) is 14.8 Å². The minimum absolute atomic E-state index is 0.0831. The van der Waals surface area contributed by atoms with Crippen LogP contribution in [-0.2, 0) is 16.1 Å². The molecule has 0 aliphatic carbocycles. The summed E-state index contributed by atoms with van der Waals surface area (Å²) < 4.78 is 0. The molecule has 0 spiro atoms. The number of nitrogens with zero attached hydrogens (tertiary/aromatic N) is 4. The second-order valence-electron chi connectivity index (χ2n) is 9.25. The van der Waals surface area contributed by atoms with Crippen LogP contribution in [0.3, 0.4) is 0 Å². The predicted octanol–water partition coefficient (Wildman–Crippen LogP) is 2.46. The molecule has 8 nitrogen and oxygen atoms in total. The number of terminal acetylenes is 1. The third-order valence-electron chi connectivity index (χ3n) is 6.19. The minimum atomic E-state index is -0.807. The van der Waals surface area contributed by atoms with Gasteiger partial charge in [0.2, 0.25) is 11.8 Å². The molecule has 2 aromatic carbocycles. The van der Waals surface area contributed by atoms with Crippen LogP contribution in [0.2, 0.25) is 0 Å². The third-order valence-corrected chi connectivity index (χ3v) is 6.19. The molecule has 182 valence electrons. The molecule has 2 aromatic rings. The van der Waals surface area contributed by atoms with E-state index in [-0.39, 0.29) is 43.4 Å². The van der Waals surface area contributed by atoms with Crippen molar-refractivity contribution in [2.45, 2.75) is 32.6 Å². The van der Waals surface area contributed by atoms with Crippen molar-refractivity contribution in [3.63, 3.8) is 0 Å². The Hall–Kier alpha value is -3.83. The van der Waals surface area contributed by atoms with Crippen molar-refractivity contribution >= 4 is 17.8 Å². The second kappa shape index (κ2) is 10.6. The van der Waals surface area contributed by atoms with Crippen LogP contribution in [0, 0.1) is 18.3 Å². The summed E-state index contributed by atoms with van der Waals surface area (Å²) in [6.45, 7) is 5.16. The van der Waals surface area contributed by atoms with Crippen LogP contribution in [0.1, 0.15) is 31.0 Å². The van der Waals surface area contributed by atoms with Crippen LogP contribution in [0.5, 0.6) is 0 Å². The van der Waals surface area contributed by atoms with Gasteiger partial charge in [-0.1, -0.05) is 80.4 Å². The van der Waals surface area contributed by atoms with E-state index in [1.807, 2.05) is 74.5 Å². The highest BCUT2D eigenvalue weighted by Crippen LogP contribution is 2.35. The summed E-state index contributed by atoms with van der Waals surface area (Å²) in [6.07, 6.45) is 4.92. The van der Waals surface area contributed by atoms with E-state index in [0.29, 0.717) is 13.1 Å². The lowest BCUT2D eigenvalue weighted by Gasteiger charge is -2.55. The molecule has 35 heavy (non-hydrogen) atoms. The highest BCUT2D eigenvalue weighted by molar-refractivity contribution is 5.92. The van der Waals surface area contributed by atoms with Crippen LogP contribution in [0.4, 0.5) is 4.79 Å². The molecule has 0 bridgehead atoms. The molecule has 0 saturated carbocycles. The molecule has 4 rings (SSSR count). The van der Waals surface area contributed by atoms with Gasteiger partial charge in [0.1, 0.15) is 12.2 Å². The average Bonchev–Trinajstić information content (AvgIpc) is 2.85. The molecule has 1 N–H and O–H groups in total. The van der Waals surface area contributed by atoms with Gasteiger partial charge in [-0.05, 0) is 17.0 Å². The number of fused-ring (bicyclic) bond motifs is 1. The fraction of sp³-hybridized carbons (Fsp3) is 0.370. The normalized spacial score (nSPS) is 20.6. The fourth-order valence-corrected chi connectivity index (χ4v) is 4.75. The number of hydrogen-bond donors (Lipinski definition) is 1. The van der Waals surface area contributed by atoms with Gasteiger partial charge in [-0.2, -0.15) is 5.01 Å². The zero-order valence-electron chi connectivity index (χ0n) is 20.1. The maximum atomic E-state index is 13.6. The first kappa shape index (κ1) is 24.3. The molecule has 0 unspecified atom stereocenters. The van der Waals surface area contributed by atoms with Crippen molar-refractivity contribution in [2.24, 2.45) is 5.92 Å². The summed E-state index contributed by atoms with van der Waals surface area (Å²) in [6, 6.07) is 17.7. The number of amides is 4. The van der Waals surface area contributed by atoms with Crippen molar-refractivity contribution in [1.29, 1.82) is 0 Å². The minimum Gasteiger partial charge on any atom is -0.336 e. The van der Waals surface area contributed by atoms with Crippen molar-refractivity contribution in [3.05, 3.63) is 71.8 Å². The first-order valence-corrected chi connectivity index (χ1v) is 11.8. The van der Waals surface area contributed by atoms with E-state index in [0.717, 1.165) is 11.1 Å². The molecular formula is C27H31N5O3. The van der Waals surface area contributed by atoms with Gasteiger partial charge in [0, 0.05) is 13.1 Å². The number of piperazine rings is 1. The first-order valence-electron chi connectivity index (χ1n) is 11.8. The van der Waals surface area contributed by atoms with Crippen molar-refractivity contribution in [2.75, 3.05) is 26.2 Å². The van der Waals surface area contributed by atoms with Gasteiger partial charge in [-0.25, -0.2) is 9.80 Å². The molecule has 0 aromatic heterocycles. The van der Waals surface area contributed by atoms with E-state index in [4.69, 9.17) is 6.42 Å². The van der Waals surface area contributed by atoms with Crippen molar-refractivity contribution < 1.29 is 14.4 Å². The van der Waals surface area contributed by atoms with Crippen LogP contribution in [-0.4, -0.2) is 70.0 Å². The van der Waals surface area contributed by atoms with Crippen molar-refractivity contribution in [1.82, 2.24) is 25.1 Å². The van der Waals surface area contributed by atoms with Gasteiger partial charge < -0.3 is 15.1 Å². The van der Waals surface area contributed by atoms with Crippen LogP contribution in [0.15, 0.2) is 60.7 Å². The van der Waals surface area contributed by atoms with E-state index in [1.165, 1.54) is 5.01 Å². The summed E-state index contributed by atoms with van der Waals surface area (Å²) in [5.74, 6) is 2.42. The van der Waals surface area contributed by atoms with Crippen LogP contribution < -0.4 is 5.32 Å². The number of carbonyl (C=O) groups is 3. The molecule has 2 aliphatic heterocycles. The number of nitrogens with one attached hydrogen (secondary N) is 1. The zero-order valence-corrected chi connectivity index (χ0v) is 20.1. The number of carbonyl (C=O) groups excluding carboxylic acids is 3. The zero-order chi connectivity index (χ0) is 24.9. The molecule has 2 atom stereocenters. The Morgan fingerprint density at radius 3 is 2.37 bits per heavy atom. The van der Waals surface area contributed by atoms with Gasteiger partial charge in [0.25, 0.3) is 0 Å². The Balaban J connectivity index is 1.70.